The van der Waals surface area contributed by atoms with Crippen molar-refractivity contribution in [3.05, 3.63) is 22.4 Å². The predicted molar refractivity (Wildman–Crippen MR) is 68.2 cm³/mol. The highest BCUT2D eigenvalue weighted by Crippen LogP contribution is 2.15. The molecule has 2 nitrogen and oxygen atoms in total. The molecule has 3 heteroatoms. The van der Waals surface area contributed by atoms with Crippen LogP contribution in [0.15, 0.2) is 17.5 Å². The molecule has 0 saturated heterocycles. The van der Waals surface area contributed by atoms with Crippen LogP contribution in [0.1, 0.15) is 31.6 Å². The summed E-state index contributed by atoms with van der Waals surface area (Å²) in [5.74, 6) is 0. The Morgan fingerprint density at radius 3 is 2.87 bits per heavy atom. The van der Waals surface area contributed by atoms with Crippen LogP contribution in [-0.4, -0.2) is 24.0 Å². The van der Waals surface area contributed by atoms with Gasteiger partial charge in [-0.1, -0.05) is 13.0 Å². The molecule has 86 valence electrons. The van der Waals surface area contributed by atoms with Gasteiger partial charge in [-0.2, -0.15) is 0 Å². The Kier molecular flexibility index (Phi) is 5.91. The van der Waals surface area contributed by atoms with E-state index in [1.54, 1.807) is 0 Å². The van der Waals surface area contributed by atoms with E-state index in [2.05, 4.69) is 36.3 Å². The third-order valence-electron chi connectivity index (χ3n) is 2.80. The smallest absolute Gasteiger partial charge is 0.0330 e. The fraction of sp³-hybridized carbons (Fsp3) is 0.667. The van der Waals surface area contributed by atoms with Gasteiger partial charge in [-0.25, -0.2) is 0 Å². The highest BCUT2D eigenvalue weighted by Gasteiger charge is 2.12. The Balaban J connectivity index is 2.48. The van der Waals surface area contributed by atoms with E-state index in [-0.39, 0.29) is 0 Å². The molecule has 0 saturated carbocycles. The molecule has 1 aromatic heterocycles. The minimum absolute atomic E-state index is 0.652. The minimum atomic E-state index is 0.652. The quantitative estimate of drug-likeness (QED) is 0.774. The number of rotatable bonds is 7. The van der Waals surface area contributed by atoms with E-state index in [1.807, 2.05) is 11.3 Å². The van der Waals surface area contributed by atoms with Crippen LogP contribution >= 0.6 is 11.3 Å². The second-order valence-corrected chi connectivity index (χ2v) is 4.98. The number of thiophene rings is 1. The monoisotopic (exact) mass is 226 g/mol. The standard InChI is InChI=1S/C12H22N2S/c1-3-11(2)14(8-5-7-13)10-12-6-4-9-15-12/h4,6,9,11H,3,5,7-8,10,13H2,1-2H3/t11-/m1/s1. The fourth-order valence-corrected chi connectivity index (χ4v) is 2.34. The molecular weight excluding hydrogens is 204 g/mol. The van der Waals surface area contributed by atoms with Crippen molar-refractivity contribution in [2.24, 2.45) is 5.73 Å². The summed E-state index contributed by atoms with van der Waals surface area (Å²) >= 11 is 1.84. The van der Waals surface area contributed by atoms with E-state index in [9.17, 15) is 0 Å². The first kappa shape index (κ1) is 12.7. The van der Waals surface area contributed by atoms with Crippen LogP contribution in [0.4, 0.5) is 0 Å². The van der Waals surface area contributed by atoms with Crippen molar-refractivity contribution in [1.29, 1.82) is 0 Å². The van der Waals surface area contributed by atoms with Crippen molar-refractivity contribution < 1.29 is 0 Å². The van der Waals surface area contributed by atoms with Gasteiger partial charge >= 0.3 is 0 Å². The third kappa shape index (κ3) is 4.33. The first-order valence-corrected chi connectivity index (χ1v) is 6.62. The third-order valence-corrected chi connectivity index (χ3v) is 3.66. The Labute approximate surface area is 97.1 Å². The molecule has 0 amide bonds. The molecule has 0 fully saturated rings. The topological polar surface area (TPSA) is 29.3 Å². The Bertz CT molecular complexity index is 246. The van der Waals surface area contributed by atoms with Crippen molar-refractivity contribution in [1.82, 2.24) is 4.90 Å². The van der Waals surface area contributed by atoms with Crippen LogP contribution in [0.5, 0.6) is 0 Å². The summed E-state index contributed by atoms with van der Waals surface area (Å²) in [6.07, 6.45) is 2.30. The van der Waals surface area contributed by atoms with E-state index < -0.39 is 0 Å². The molecule has 1 aromatic rings. The number of nitrogens with two attached hydrogens (primary N) is 1. The predicted octanol–water partition coefficient (Wildman–Crippen LogP) is 2.70. The lowest BCUT2D eigenvalue weighted by molar-refractivity contribution is 0.195. The second-order valence-electron chi connectivity index (χ2n) is 3.95. The molecule has 0 aliphatic carbocycles. The molecule has 0 unspecified atom stereocenters. The van der Waals surface area contributed by atoms with Gasteiger partial charge in [0.1, 0.15) is 0 Å². The van der Waals surface area contributed by atoms with Crippen LogP contribution in [-0.2, 0) is 6.54 Å². The molecule has 1 rings (SSSR count). The van der Waals surface area contributed by atoms with Gasteiger partial charge in [0.15, 0.2) is 0 Å². The van der Waals surface area contributed by atoms with E-state index in [0.717, 1.165) is 26.1 Å². The van der Waals surface area contributed by atoms with Gasteiger partial charge in [0.05, 0.1) is 0 Å². The van der Waals surface area contributed by atoms with Gasteiger partial charge in [-0.3, -0.25) is 4.90 Å². The first-order valence-electron chi connectivity index (χ1n) is 5.74. The summed E-state index contributed by atoms with van der Waals surface area (Å²) in [6.45, 7) is 7.52. The van der Waals surface area contributed by atoms with Crippen molar-refractivity contribution >= 4 is 11.3 Å². The summed E-state index contributed by atoms with van der Waals surface area (Å²) in [4.78, 5) is 3.98. The van der Waals surface area contributed by atoms with Gasteiger partial charge in [0.2, 0.25) is 0 Å². The summed E-state index contributed by atoms with van der Waals surface area (Å²) in [5, 5.41) is 2.15. The SMILES string of the molecule is CC[C@@H](C)N(CCCN)Cc1cccs1. The van der Waals surface area contributed by atoms with Gasteiger partial charge in [0.25, 0.3) is 0 Å². The van der Waals surface area contributed by atoms with Crippen LogP contribution in [0.3, 0.4) is 0 Å². The molecule has 2 N–H and O–H groups in total. The maximum Gasteiger partial charge on any atom is 0.0330 e. The number of nitrogens with zero attached hydrogens (tertiary/aromatic N) is 1. The highest BCUT2D eigenvalue weighted by atomic mass is 32.1. The Hall–Kier alpha value is -0.380. The van der Waals surface area contributed by atoms with Crippen LogP contribution in [0.2, 0.25) is 0 Å². The van der Waals surface area contributed by atoms with E-state index >= 15 is 0 Å². The Morgan fingerprint density at radius 1 is 1.53 bits per heavy atom. The van der Waals surface area contributed by atoms with Crippen molar-refractivity contribution in [2.75, 3.05) is 13.1 Å². The van der Waals surface area contributed by atoms with Gasteiger partial charge in [0, 0.05) is 17.5 Å². The van der Waals surface area contributed by atoms with E-state index in [4.69, 9.17) is 5.73 Å². The largest absolute Gasteiger partial charge is 0.330 e. The van der Waals surface area contributed by atoms with Gasteiger partial charge in [-0.15, -0.1) is 11.3 Å². The minimum Gasteiger partial charge on any atom is -0.330 e. The molecule has 0 aromatic carbocycles. The number of hydrogen-bond acceptors (Lipinski definition) is 3. The van der Waals surface area contributed by atoms with Crippen molar-refractivity contribution in [3.8, 4) is 0 Å². The second kappa shape index (κ2) is 6.99. The van der Waals surface area contributed by atoms with Crippen molar-refractivity contribution in [2.45, 2.75) is 39.3 Å². The molecule has 1 heterocycles. The lowest BCUT2D eigenvalue weighted by atomic mass is 10.2. The first-order chi connectivity index (χ1) is 7.27. The lowest BCUT2D eigenvalue weighted by Crippen LogP contribution is -2.33. The van der Waals surface area contributed by atoms with Crippen LogP contribution < -0.4 is 5.73 Å². The highest BCUT2D eigenvalue weighted by molar-refractivity contribution is 7.09. The molecule has 0 radical (unpaired) electrons. The molecule has 15 heavy (non-hydrogen) atoms. The Morgan fingerprint density at radius 2 is 2.33 bits per heavy atom. The summed E-state index contributed by atoms with van der Waals surface area (Å²) < 4.78 is 0. The zero-order chi connectivity index (χ0) is 11.1. The zero-order valence-electron chi connectivity index (χ0n) is 9.78. The van der Waals surface area contributed by atoms with Crippen molar-refractivity contribution in [3.63, 3.8) is 0 Å². The van der Waals surface area contributed by atoms with Crippen LogP contribution in [0, 0.1) is 0 Å². The molecular formula is C12H22N2S. The molecule has 1 atom stereocenters. The molecule has 0 bridgehead atoms. The maximum absolute atomic E-state index is 5.57. The normalized spacial score (nSPS) is 13.3. The van der Waals surface area contributed by atoms with E-state index in [0.29, 0.717) is 6.04 Å². The van der Waals surface area contributed by atoms with Crippen LogP contribution in [0.25, 0.3) is 0 Å². The zero-order valence-corrected chi connectivity index (χ0v) is 10.6. The summed E-state index contributed by atoms with van der Waals surface area (Å²) in [7, 11) is 0. The maximum atomic E-state index is 5.57. The average Bonchev–Trinajstić information content (AvgIpc) is 2.75. The number of hydrogen-bond donors (Lipinski definition) is 1. The molecule has 0 aliphatic rings. The van der Waals surface area contributed by atoms with Gasteiger partial charge in [-0.05, 0) is 44.3 Å². The fourth-order valence-electron chi connectivity index (χ4n) is 1.61. The lowest BCUT2D eigenvalue weighted by Gasteiger charge is -2.27. The molecule has 0 aliphatic heterocycles. The average molecular weight is 226 g/mol. The summed E-state index contributed by atoms with van der Waals surface area (Å²) in [6, 6.07) is 4.99. The molecule has 0 spiro atoms. The van der Waals surface area contributed by atoms with Gasteiger partial charge < -0.3 is 5.73 Å². The van der Waals surface area contributed by atoms with E-state index in [1.165, 1.54) is 11.3 Å². The summed E-state index contributed by atoms with van der Waals surface area (Å²) in [5.41, 5.74) is 5.57.